The normalized spacial score (nSPS) is 12.0. The van der Waals surface area contributed by atoms with Crippen LogP contribution in [0, 0.1) is 0 Å². The molecule has 0 aliphatic rings. The molecule has 0 saturated carbocycles. The fourth-order valence-corrected chi connectivity index (χ4v) is 0. The predicted molar refractivity (Wildman–Crippen MR) is 40.0 cm³/mol. The van der Waals surface area contributed by atoms with E-state index in [4.69, 9.17) is 0 Å². The van der Waals surface area contributed by atoms with Crippen molar-refractivity contribution in [2.45, 2.75) is 19.5 Å². The molecule has 6 heavy (non-hydrogen) atoms. The molecule has 0 atom stereocenters. The van der Waals surface area contributed by atoms with Gasteiger partial charge in [0.05, 0.1) is 0 Å². The van der Waals surface area contributed by atoms with Crippen LogP contribution >= 0.6 is 30.6 Å². The van der Waals surface area contributed by atoms with E-state index < -0.39 is 5.31 Å². The Hall–Kier alpha value is 1.18. The zero-order valence-electron chi connectivity index (χ0n) is 3.96. The van der Waals surface area contributed by atoms with Crippen LogP contribution in [0.2, 0.25) is 12.6 Å². The van der Waals surface area contributed by atoms with E-state index in [1.165, 1.54) is 6.04 Å². The van der Waals surface area contributed by atoms with Crippen LogP contribution in [0.5, 0.6) is 0 Å². The monoisotopic (exact) mass is 230 g/mol. The molecule has 0 aromatic heterocycles. The van der Waals surface area contributed by atoms with Gasteiger partial charge in [-0.3, -0.25) is 0 Å². The van der Waals surface area contributed by atoms with Crippen molar-refractivity contribution in [1.29, 1.82) is 0 Å². The summed E-state index contributed by atoms with van der Waals surface area (Å²) in [6.45, 7) is 4.39. The highest BCUT2D eigenvalue weighted by Gasteiger charge is 2.13. The third-order valence-corrected chi connectivity index (χ3v) is 5.23. The molecular formula is C3H8Br2Si. The van der Waals surface area contributed by atoms with Crippen molar-refractivity contribution in [3.63, 3.8) is 0 Å². The van der Waals surface area contributed by atoms with E-state index in [2.05, 4.69) is 44.1 Å². The molecule has 0 amide bonds. The van der Waals surface area contributed by atoms with Gasteiger partial charge in [-0.25, -0.2) is 0 Å². The van der Waals surface area contributed by atoms with Crippen LogP contribution in [-0.4, -0.2) is 5.31 Å². The van der Waals surface area contributed by atoms with Crippen molar-refractivity contribution in [2.75, 3.05) is 0 Å². The number of rotatable bonds is 1. The summed E-state index contributed by atoms with van der Waals surface area (Å²) < 4.78 is 0. The highest BCUT2D eigenvalue weighted by molar-refractivity contribution is 9.51. The molecule has 38 valence electrons. The first-order valence-electron chi connectivity index (χ1n) is 1.94. The Morgan fingerprint density at radius 1 is 1.50 bits per heavy atom. The second kappa shape index (κ2) is 2.48. The molecule has 3 heteroatoms. The summed E-state index contributed by atoms with van der Waals surface area (Å²) >= 11 is 7.07. The zero-order chi connectivity index (χ0) is 5.21. The minimum atomic E-state index is -1.01. The molecule has 0 fully saturated rings. The van der Waals surface area contributed by atoms with Crippen LogP contribution in [0.1, 0.15) is 6.92 Å². The van der Waals surface area contributed by atoms with Gasteiger partial charge in [-0.15, -0.1) is 30.6 Å². The molecule has 0 saturated heterocycles. The Labute approximate surface area is 55.5 Å². The molecule has 0 heterocycles. The first-order chi connectivity index (χ1) is 2.56. The van der Waals surface area contributed by atoms with E-state index in [0.717, 1.165) is 0 Å². The van der Waals surface area contributed by atoms with E-state index >= 15 is 0 Å². The molecule has 0 aromatic rings. The Bertz CT molecular complexity index is 38.5. The first-order valence-corrected chi connectivity index (χ1v) is 9.16. The lowest BCUT2D eigenvalue weighted by atomic mass is 11.0. The standard InChI is InChI=1S/C3H8Br2Si/c1-3-6(2,4)5/h3H2,1-2H3. The Kier molecular flexibility index (Phi) is 2.96. The quantitative estimate of drug-likeness (QED) is 0.481. The third kappa shape index (κ3) is 5.18. The second-order valence-corrected chi connectivity index (χ2v) is 18.0. The lowest BCUT2D eigenvalue weighted by Gasteiger charge is -2.03. The largest absolute Gasteiger partial charge is 0.197 e. The molecule has 0 nitrogen and oxygen atoms in total. The molecule has 0 aliphatic carbocycles. The maximum Gasteiger partial charge on any atom is 0.197 e. The van der Waals surface area contributed by atoms with Crippen LogP contribution in [0.15, 0.2) is 0 Å². The van der Waals surface area contributed by atoms with E-state index in [9.17, 15) is 0 Å². The first kappa shape index (κ1) is 7.18. The van der Waals surface area contributed by atoms with Crippen LogP contribution in [0.3, 0.4) is 0 Å². The lowest BCUT2D eigenvalue weighted by molar-refractivity contribution is 1.44. The average molecular weight is 232 g/mol. The summed E-state index contributed by atoms with van der Waals surface area (Å²) in [5.41, 5.74) is 0. The van der Waals surface area contributed by atoms with Gasteiger partial charge in [0, 0.05) is 0 Å². The maximum atomic E-state index is 3.53. The van der Waals surface area contributed by atoms with Crippen molar-refractivity contribution < 1.29 is 0 Å². The van der Waals surface area contributed by atoms with Gasteiger partial charge in [0.1, 0.15) is 0 Å². The van der Waals surface area contributed by atoms with Crippen LogP contribution in [0.25, 0.3) is 0 Å². The maximum absolute atomic E-state index is 3.53. The summed E-state index contributed by atoms with van der Waals surface area (Å²) in [7, 11) is 0. The predicted octanol–water partition coefficient (Wildman–Crippen LogP) is 2.87. The number of halogens is 2. The summed E-state index contributed by atoms with van der Waals surface area (Å²) in [5, 5.41) is -1.01. The van der Waals surface area contributed by atoms with Crippen LogP contribution < -0.4 is 0 Å². The van der Waals surface area contributed by atoms with Crippen molar-refractivity contribution >= 4 is 35.9 Å². The third-order valence-electron chi connectivity index (χ3n) is 0.621. The van der Waals surface area contributed by atoms with E-state index in [-0.39, 0.29) is 0 Å². The van der Waals surface area contributed by atoms with E-state index in [1.807, 2.05) is 0 Å². The lowest BCUT2D eigenvalue weighted by Crippen LogP contribution is -2.06. The summed E-state index contributed by atoms with van der Waals surface area (Å²) in [5.74, 6) is 0. The highest BCUT2D eigenvalue weighted by atomic mass is 79.9. The van der Waals surface area contributed by atoms with Crippen molar-refractivity contribution in [1.82, 2.24) is 0 Å². The summed E-state index contributed by atoms with van der Waals surface area (Å²) in [6, 6.07) is 1.24. The average Bonchev–Trinajstić information content (AvgIpc) is 1.35. The van der Waals surface area contributed by atoms with Gasteiger partial charge in [-0.2, -0.15) is 0 Å². The SMILES string of the molecule is CC[Si](C)(Br)Br. The van der Waals surface area contributed by atoms with Gasteiger partial charge < -0.3 is 0 Å². The molecule has 0 aromatic carbocycles. The smallest absolute Gasteiger partial charge is 0.111 e. The fourth-order valence-electron chi connectivity index (χ4n) is 0. The topological polar surface area (TPSA) is 0 Å². The Morgan fingerprint density at radius 3 is 1.67 bits per heavy atom. The molecule has 0 aliphatic heterocycles. The van der Waals surface area contributed by atoms with Gasteiger partial charge in [0.15, 0.2) is 5.31 Å². The molecule has 0 radical (unpaired) electrons. The summed E-state index contributed by atoms with van der Waals surface area (Å²) in [4.78, 5) is 0. The van der Waals surface area contributed by atoms with Gasteiger partial charge in [0.2, 0.25) is 0 Å². The van der Waals surface area contributed by atoms with Gasteiger partial charge in [0.25, 0.3) is 0 Å². The van der Waals surface area contributed by atoms with Crippen LogP contribution in [-0.2, 0) is 0 Å². The summed E-state index contributed by atoms with van der Waals surface area (Å²) in [6.07, 6.45) is 0. The molecule has 0 bridgehead atoms. The van der Waals surface area contributed by atoms with Crippen LogP contribution in [0.4, 0.5) is 0 Å². The van der Waals surface area contributed by atoms with Gasteiger partial charge in [-0.1, -0.05) is 13.5 Å². The van der Waals surface area contributed by atoms with Crippen molar-refractivity contribution in [2.24, 2.45) is 0 Å². The molecule has 0 unspecified atom stereocenters. The fraction of sp³-hybridized carbons (Fsp3) is 1.00. The molecule has 0 rings (SSSR count). The van der Waals surface area contributed by atoms with E-state index in [0.29, 0.717) is 0 Å². The Balaban J connectivity index is 3.17. The zero-order valence-corrected chi connectivity index (χ0v) is 8.14. The van der Waals surface area contributed by atoms with Gasteiger partial charge >= 0.3 is 0 Å². The number of hydrogen-bond acceptors (Lipinski definition) is 0. The number of hydrogen-bond donors (Lipinski definition) is 0. The minimum Gasteiger partial charge on any atom is -0.111 e. The second-order valence-electron chi connectivity index (χ2n) is 1.42. The van der Waals surface area contributed by atoms with Gasteiger partial charge in [-0.05, 0) is 6.04 Å². The van der Waals surface area contributed by atoms with Crippen molar-refractivity contribution in [3.8, 4) is 0 Å². The minimum absolute atomic E-state index is 1.01. The Morgan fingerprint density at radius 2 is 1.67 bits per heavy atom. The molecule has 0 spiro atoms. The molecular weight excluding hydrogens is 224 g/mol. The molecule has 0 N–H and O–H groups in total. The van der Waals surface area contributed by atoms with Crippen molar-refractivity contribution in [3.05, 3.63) is 0 Å². The highest BCUT2D eigenvalue weighted by Crippen LogP contribution is 2.23. The van der Waals surface area contributed by atoms with E-state index in [1.54, 1.807) is 0 Å².